The van der Waals surface area contributed by atoms with Gasteiger partial charge in [-0.15, -0.1) is 0 Å². The van der Waals surface area contributed by atoms with E-state index in [1.807, 2.05) is 30.3 Å². The first-order valence-electron chi connectivity index (χ1n) is 9.38. The molecule has 1 saturated carbocycles. The van der Waals surface area contributed by atoms with Crippen LogP contribution in [0.25, 0.3) is 0 Å². The average Bonchev–Trinajstić information content (AvgIpc) is 3.13. The van der Waals surface area contributed by atoms with Crippen molar-refractivity contribution >= 4 is 6.03 Å². The molecule has 2 aliphatic rings. The van der Waals surface area contributed by atoms with Crippen LogP contribution in [0.2, 0.25) is 0 Å². The van der Waals surface area contributed by atoms with Crippen LogP contribution in [0.4, 0.5) is 4.79 Å². The van der Waals surface area contributed by atoms with E-state index >= 15 is 0 Å². The van der Waals surface area contributed by atoms with Gasteiger partial charge in [0.1, 0.15) is 0 Å². The first kappa shape index (κ1) is 17.2. The van der Waals surface area contributed by atoms with Crippen LogP contribution in [-0.4, -0.2) is 59.6 Å². The summed E-state index contributed by atoms with van der Waals surface area (Å²) in [6.07, 6.45) is 9.79. The fourth-order valence-electron chi connectivity index (χ4n) is 3.86. The molecule has 1 aromatic rings. The van der Waals surface area contributed by atoms with Crippen LogP contribution < -0.4 is 5.32 Å². The molecule has 132 valence electrons. The third-order valence-electron chi connectivity index (χ3n) is 5.52. The molecule has 0 atom stereocenters. The zero-order valence-corrected chi connectivity index (χ0v) is 14.8. The molecule has 24 heavy (non-hydrogen) atoms. The Morgan fingerprint density at radius 1 is 1.25 bits per heavy atom. The van der Waals surface area contributed by atoms with E-state index < -0.39 is 0 Å². The van der Waals surface area contributed by atoms with Crippen molar-refractivity contribution in [1.82, 2.24) is 20.1 Å². The number of carbonyl (C=O) groups excluding carboxylic acids is 1. The molecule has 5 heteroatoms. The molecular weight excluding hydrogens is 300 g/mol. The van der Waals surface area contributed by atoms with Crippen LogP contribution in [0.5, 0.6) is 0 Å². The summed E-state index contributed by atoms with van der Waals surface area (Å²) in [5.41, 5.74) is 1.16. The Balaban J connectivity index is 1.38. The monoisotopic (exact) mass is 330 g/mol. The SMILES string of the molecule is CN(C(=O)NC1CCCC1)C1CCN(CCc2ccccn2)CC1. The zero-order valence-electron chi connectivity index (χ0n) is 14.8. The first-order valence-corrected chi connectivity index (χ1v) is 9.38. The maximum Gasteiger partial charge on any atom is 0.317 e. The molecule has 0 aromatic carbocycles. The van der Waals surface area contributed by atoms with Gasteiger partial charge < -0.3 is 15.1 Å². The van der Waals surface area contributed by atoms with Gasteiger partial charge in [0.05, 0.1) is 0 Å². The van der Waals surface area contributed by atoms with Gasteiger partial charge in [-0.3, -0.25) is 4.98 Å². The standard InChI is InChI=1S/C19H30N4O/c1-22(19(24)21-17-7-2-3-8-17)18-10-14-23(15-11-18)13-9-16-6-4-5-12-20-16/h4-6,12,17-18H,2-3,7-11,13-15H2,1H3,(H,21,24). The van der Waals surface area contributed by atoms with E-state index in [9.17, 15) is 4.79 Å². The van der Waals surface area contributed by atoms with E-state index in [4.69, 9.17) is 0 Å². The lowest BCUT2D eigenvalue weighted by atomic mass is 10.0. The molecule has 1 aliphatic carbocycles. The molecule has 1 saturated heterocycles. The van der Waals surface area contributed by atoms with Gasteiger partial charge >= 0.3 is 6.03 Å². The largest absolute Gasteiger partial charge is 0.335 e. The van der Waals surface area contributed by atoms with Gasteiger partial charge in [-0.2, -0.15) is 0 Å². The Hall–Kier alpha value is -1.62. The second-order valence-electron chi connectivity index (χ2n) is 7.19. The van der Waals surface area contributed by atoms with Crippen LogP contribution in [0.1, 0.15) is 44.2 Å². The van der Waals surface area contributed by atoms with Gasteiger partial charge in [0.2, 0.25) is 0 Å². The Labute approximate surface area is 145 Å². The number of nitrogens with one attached hydrogen (secondary N) is 1. The van der Waals surface area contributed by atoms with Gasteiger partial charge in [-0.05, 0) is 37.8 Å². The number of rotatable bonds is 5. The highest BCUT2D eigenvalue weighted by molar-refractivity contribution is 5.74. The molecule has 2 amide bonds. The topological polar surface area (TPSA) is 48.5 Å². The van der Waals surface area contributed by atoms with Crippen molar-refractivity contribution in [2.75, 3.05) is 26.7 Å². The van der Waals surface area contributed by atoms with E-state index in [2.05, 4.69) is 21.3 Å². The lowest BCUT2D eigenvalue weighted by molar-refractivity contribution is 0.133. The highest BCUT2D eigenvalue weighted by Crippen LogP contribution is 2.19. The summed E-state index contributed by atoms with van der Waals surface area (Å²) in [5.74, 6) is 0. The number of pyridine rings is 1. The van der Waals surface area contributed by atoms with Crippen molar-refractivity contribution in [3.63, 3.8) is 0 Å². The minimum Gasteiger partial charge on any atom is -0.335 e. The summed E-state index contributed by atoms with van der Waals surface area (Å²) >= 11 is 0. The highest BCUT2D eigenvalue weighted by atomic mass is 16.2. The van der Waals surface area contributed by atoms with Gasteiger partial charge in [-0.25, -0.2) is 4.79 Å². The molecule has 0 unspecified atom stereocenters. The molecular formula is C19H30N4O. The summed E-state index contributed by atoms with van der Waals surface area (Å²) < 4.78 is 0. The van der Waals surface area contributed by atoms with Crippen LogP contribution in [0.15, 0.2) is 24.4 Å². The number of nitrogens with zero attached hydrogens (tertiary/aromatic N) is 3. The molecule has 0 radical (unpaired) electrons. The van der Waals surface area contributed by atoms with Gasteiger partial charge in [0.25, 0.3) is 0 Å². The van der Waals surface area contributed by atoms with Crippen LogP contribution in [0, 0.1) is 0 Å². The molecule has 0 spiro atoms. The van der Waals surface area contributed by atoms with Crippen LogP contribution >= 0.6 is 0 Å². The minimum atomic E-state index is 0.119. The fraction of sp³-hybridized carbons (Fsp3) is 0.684. The van der Waals surface area contributed by atoms with E-state index in [1.54, 1.807) is 0 Å². The number of piperidine rings is 1. The minimum absolute atomic E-state index is 0.119. The number of amides is 2. The Morgan fingerprint density at radius 2 is 2.00 bits per heavy atom. The number of urea groups is 1. The molecule has 1 aliphatic heterocycles. The predicted octanol–water partition coefficient (Wildman–Crippen LogP) is 2.67. The number of likely N-dealkylation sites (tertiary alicyclic amines) is 1. The van der Waals surface area contributed by atoms with E-state index in [0.29, 0.717) is 12.1 Å². The second-order valence-corrected chi connectivity index (χ2v) is 7.19. The van der Waals surface area contributed by atoms with Crippen molar-refractivity contribution in [3.05, 3.63) is 30.1 Å². The quantitative estimate of drug-likeness (QED) is 0.903. The lowest BCUT2D eigenvalue weighted by Gasteiger charge is -2.37. The van der Waals surface area contributed by atoms with Crippen LogP contribution in [0.3, 0.4) is 0 Å². The van der Waals surface area contributed by atoms with Gasteiger partial charge in [-0.1, -0.05) is 18.9 Å². The first-order chi connectivity index (χ1) is 11.7. The third-order valence-corrected chi connectivity index (χ3v) is 5.52. The van der Waals surface area contributed by atoms with Crippen molar-refractivity contribution in [2.45, 2.75) is 57.0 Å². The lowest BCUT2D eigenvalue weighted by Crippen LogP contribution is -2.50. The van der Waals surface area contributed by atoms with Gasteiger partial charge in [0.15, 0.2) is 0 Å². The Bertz CT molecular complexity index is 507. The Kier molecular flexibility index (Phi) is 6.07. The maximum atomic E-state index is 12.4. The Morgan fingerprint density at radius 3 is 2.67 bits per heavy atom. The summed E-state index contributed by atoms with van der Waals surface area (Å²) in [6.45, 7) is 3.19. The summed E-state index contributed by atoms with van der Waals surface area (Å²) in [4.78, 5) is 21.2. The van der Waals surface area contributed by atoms with Crippen molar-refractivity contribution < 1.29 is 4.79 Å². The van der Waals surface area contributed by atoms with E-state index in [-0.39, 0.29) is 6.03 Å². The number of carbonyl (C=O) groups is 1. The molecule has 2 heterocycles. The van der Waals surface area contributed by atoms with Crippen LogP contribution in [-0.2, 0) is 6.42 Å². The van der Waals surface area contributed by atoms with Crippen molar-refractivity contribution in [3.8, 4) is 0 Å². The third kappa shape index (κ3) is 4.69. The summed E-state index contributed by atoms with van der Waals surface area (Å²) in [7, 11) is 1.96. The molecule has 3 rings (SSSR count). The molecule has 1 aromatic heterocycles. The summed E-state index contributed by atoms with van der Waals surface area (Å²) in [5, 5.41) is 3.20. The maximum absolute atomic E-state index is 12.4. The summed E-state index contributed by atoms with van der Waals surface area (Å²) in [6, 6.07) is 6.99. The molecule has 1 N–H and O–H groups in total. The molecule has 0 bridgehead atoms. The molecule has 5 nitrogen and oxygen atoms in total. The molecule has 2 fully saturated rings. The average molecular weight is 330 g/mol. The normalized spacial score (nSPS) is 20.2. The number of hydrogen-bond donors (Lipinski definition) is 1. The smallest absolute Gasteiger partial charge is 0.317 e. The van der Waals surface area contributed by atoms with Gasteiger partial charge in [0, 0.05) is 57.1 Å². The van der Waals surface area contributed by atoms with E-state index in [0.717, 1.165) is 57.4 Å². The fourth-order valence-corrected chi connectivity index (χ4v) is 3.86. The zero-order chi connectivity index (χ0) is 16.8. The number of aromatic nitrogens is 1. The van der Waals surface area contributed by atoms with E-state index in [1.165, 1.54) is 12.8 Å². The predicted molar refractivity (Wildman–Crippen MR) is 96.0 cm³/mol. The number of hydrogen-bond acceptors (Lipinski definition) is 3. The van der Waals surface area contributed by atoms with Crippen molar-refractivity contribution in [1.29, 1.82) is 0 Å². The highest BCUT2D eigenvalue weighted by Gasteiger charge is 2.27. The van der Waals surface area contributed by atoms with Crippen molar-refractivity contribution in [2.24, 2.45) is 0 Å². The second kappa shape index (κ2) is 8.47.